The summed E-state index contributed by atoms with van der Waals surface area (Å²) in [7, 11) is 3.11. The third-order valence-corrected chi connectivity index (χ3v) is 9.32. The highest BCUT2D eigenvalue weighted by Gasteiger charge is 2.26. The van der Waals surface area contributed by atoms with Gasteiger partial charge in [-0.25, -0.2) is 4.79 Å². The maximum Gasteiger partial charge on any atom is 0.347 e. The smallest absolute Gasteiger partial charge is 0.347 e. The molecule has 4 nitrogen and oxygen atoms in total. The summed E-state index contributed by atoms with van der Waals surface area (Å²) in [6.45, 7) is 0. The van der Waals surface area contributed by atoms with Crippen LogP contribution in [-0.2, 0) is 16.0 Å². The third kappa shape index (κ3) is 4.76. The van der Waals surface area contributed by atoms with Gasteiger partial charge < -0.3 is 14.2 Å². The summed E-state index contributed by atoms with van der Waals surface area (Å²) in [5.41, 5.74) is 3.11. The molecule has 0 unspecified atom stereocenters. The molecule has 0 amide bonds. The lowest BCUT2D eigenvalue weighted by Crippen LogP contribution is -2.31. The molecule has 0 saturated heterocycles. The van der Waals surface area contributed by atoms with Crippen LogP contribution in [0.25, 0.3) is 42.1 Å². The van der Waals surface area contributed by atoms with E-state index in [4.69, 9.17) is 14.2 Å². The Morgan fingerprint density at radius 1 is 0.800 bits per heavy atom. The normalized spacial score (nSPS) is 12.1. The molecule has 0 saturated carbocycles. The van der Waals surface area contributed by atoms with Gasteiger partial charge in [-0.1, -0.05) is 72.8 Å². The highest BCUT2D eigenvalue weighted by atomic mass is 79.9. The van der Waals surface area contributed by atoms with Gasteiger partial charge in [0, 0.05) is 27.3 Å². The molecule has 1 atom stereocenters. The number of hydrogen-bond acceptors (Lipinski definition) is 5. The minimum absolute atomic E-state index is 0.388. The van der Waals surface area contributed by atoms with Gasteiger partial charge in [-0.2, -0.15) is 0 Å². The molecule has 0 spiro atoms. The number of esters is 1. The van der Waals surface area contributed by atoms with Gasteiger partial charge in [0.05, 0.1) is 27.9 Å². The molecule has 0 aliphatic heterocycles. The fourth-order valence-electron chi connectivity index (χ4n) is 5.20. The zero-order valence-electron chi connectivity index (χ0n) is 21.7. The van der Waals surface area contributed by atoms with Crippen LogP contribution in [0, 0.1) is 0 Å². The van der Waals surface area contributed by atoms with E-state index in [1.165, 1.54) is 17.2 Å². The number of benzene rings is 5. The van der Waals surface area contributed by atoms with Crippen LogP contribution in [0.15, 0.2) is 99.9 Å². The first-order chi connectivity index (χ1) is 19.5. The van der Waals surface area contributed by atoms with E-state index in [2.05, 4.69) is 86.5 Å². The van der Waals surface area contributed by atoms with Crippen molar-refractivity contribution in [2.75, 3.05) is 14.2 Å². The van der Waals surface area contributed by atoms with Crippen LogP contribution in [0.3, 0.4) is 0 Å². The zero-order valence-corrected chi connectivity index (χ0v) is 25.7. The first kappa shape index (κ1) is 26.8. The maximum absolute atomic E-state index is 12.7. The molecule has 5 aromatic carbocycles. The molecule has 0 fully saturated rings. The van der Waals surface area contributed by atoms with Crippen molar-refractivity contribution < 1.29 is 19.0 Å². The number of rotatable bonds is 7. The number of halogens is 2. The van der Waals surface area contributed by atoms with Crippen molar-refractivity contribution in [1.82, 2.24) is 0 Å². The van der Waals surface area contributed by atoms with Gasteiger partial charge in [0.15, 0.2) is 6.10 Å². The molecule has 1 aromatic heterocycles. The first-order valence-electron chi connectivity index (χ1n) is 12.7. The maximum atomic E-state index is 12.7. The molecule has 7 heteroatoms. The van der Waals surface area contributed by atoms with Gasteiger partial charge in [-0.15, -0.1) is 11.3 Å². The van der Waals surface area contributed by atoms with Crippen molar-refractivity contribution in [3.05, 3.63) is 106 Å². The molecule has 0 N–H and O–H groups in total. The van der Waals surface area contributed by atoms with E-state index < -0.39 is 12.1 Å². The number of fused-ring (bicyclic) bond motifs is 4. The van der Waals surface area contributed by atoms with E-state index in [1.807, 2.05) is 36.4 Å². The highest BCUT2D eigenvalue weighted by Crippen LogP contribution is 2.51. The molecular formula is C33H24Br2O4S. The van der Waals surface area contributed by atoms with E-state index in [0.29, 0.717) is 12.2 Å². The van der Waals surface area contributed by atoms with Crippen LogP contribution in [-0.4, -0.2) is 26.3 Å². The van der Waals surface area contributed by atoms with Gasteiger partial charge in [0.2, 0.25) is 0 Å². The van der Waals surface area contributed by atoms with Crippen molar-refractivity contribution in [3.63, 3.8) is 0 Å². The van der Waals surface area contributed by atoms with Gasteiger partial charge in [-0.05, 0) is 72.1 Å². The standard InChI is InChI=1S/C33H24Br2O4S/c1-37-30-22-13-7-6-12-21(22)28(29-23-14-8-9-15-27(23)40-32(29)30)20-17-24(34)31(25(35)18-20)39-26(33(36)38-2)16-19-10-4-3-5-11-19/h3-15,17-18,26H,16H2,1-2H3/t26-/m1/s1. The molecule has 0 radical (unpaired) electrons. The van der Waals surface area contributed by atoms with Crippen LogP contribution in [0.2, 0.25) is 0 Å². The van der Waals surface area contributed by atoms with Gasteiger partial charge in [0.1, 0.15) is 11.5 Å². The Kier molecular flexibility index (Phi) is 7.53. The lowest BCUT2D eigenvalue weighted by atomic mass is 9.92. The first-order valence-corrected chi connectivity index (χ1v) is 15.1. The largest absolute Gasteiger partial charge is 0.495 e. The summed E-state index contributed by atoms with van der Waals surface area (Å²) >= 11 is 9.23. The minimum Gasteiger partial charge on any atom is -0.495 e. The Morgan fingerprint density at radius 3 is 2.10 bits per heavy atom. The minimum atomic E-state index is -0.805. The van der Waals surface area contributed by atoms with Crippen molar-refractivity contribution >= 4 is 80.1 Å². The molecule has 0 bridgehead atoms. The van der Waals surface area contributed by atoms with Crippen molar-refractivity contribution in [3.8, 4) is 22.6 Å². The molecule has 1 heterocycles. The Bertz CT molecular complexity index is 1860. The Balaban J connectivity index is 1.53. The van der Waals surface area contributed by atoms with Gasteiger partial charge >= 0.3 is 5.97 Å². The van der Waals surface area contributed by atoms with E-state index >= 15 is 0 Å². The second kappa shape index (κ2) is 11.2. The quantitative estimate of drug-likeness (QED) is 0.158. The van der Waals surface area contributed by atoms with Crippen LogP contribution in [0.4, 0.5) is 0 Å². The average molecular weight is 676 g/mol. The number of methoxy groups -OCH3 is 2. The van der Waals surface area contributed by atoms with Crippen LogP contribution in [0.1, 0.15) is 5.56 Å². The number of thiophene rings is 1. The topological polar surface area (TPSA) is 44.8 Å². The number of ether oxygens (including phenoxy) is 3. The third-order valence-electron chi connectivity index (χ3n) is 6.97. The second-order valence-electron chi connectivity index (χ2n) is 9.34. The summed E-state index contributed by atoms with van der Waals surface area (Å²) in [6, 6.07) is 30.7. The summed E-state index contributed by atoms with van der Waals surface area (Å²) < 4.78 is 21.1. The predicted molar refractivity (Wildman–Crippen MR) is 171 cm³/mol. The number of carbonyl (C=O) groups is 1. The SMILES string of the molecule is COC(=O)[C@@H](Cc1ccccc1)Oc1c(Br)cc(-c2c3ccccc3c(OC)c3sc4ccccc4c23)cc1Br. The van der Waals surface area contributed by atoms with Crippen LogP contribution in [0.5, 0.6) is 11.5 Å². The Labute approximate surface area is 252 Å². The zero-order chi connectivity index (χ0) is 27.8. The lowest BCUT2D eigenvalue weighted by molar-refractivity contribution is -0.148. The number of carbonyl (C=O) groups excluding carboxylic acids is 1. The molecule has 6 rings (SSSR count). The Hall–Kier alpha value is -3.39. The monoisotopic (exact) mass is 674 g/mol. The summed E-state index contributed by atoms with van der Waals surface area (Å²) in [5, 5.41) is 4.49. The fraction of sp³-hybridized carbons (Fsp3) is 0.121. The van der Waals surface area contributed by atoms with Crippen molar-refractivity contribution in [2.24, 2.45) is 0 Å². The second-order valence-corrected chi connectivity index (χ2v) is 12.1. The van der Waals surface area contributed by atoms with E-state index in [1.54, 1.807) is 18.4 Å². The summed E-state index contributed by atoms with van der Waals surface area (Å²) in [6.07, 6.45) is -0.418. The molecule has 0 aliphatic carbocycles. The lowest BCUT2D eigenvalue weighted by Gasteiger charge is -2.20. The fourth-order valence-corrected chi connectivity index (χ4v) is 7.82. The summed E-state index contributed by atoms with van der Waals surface area (Å²) in [4.78, 5) is 12.7. The van der Waals surface area contributed by atoms with Crippen LogP contribution >= 0.6 is 43.2 Å². The molecule has 0 aliphatic rings. The average Bonchev–Trinajstić information content (AvgIpc) is 3.36. The number of hydrogen-bond donors (Lipinski definition) is 0. The molecular weight excluding hydrogens is 652 g/mol. The molecule has 40 heavy (non-hydrogen) atoms. The van der Waals surface area contributed by atoms with Crippen molar-refractivity contribution in [1.29, 1.82) is 0 Å². The van der Waals surface area contributed by atoms with Gasteiger partial charge in [-0.3, -0.25) is 0 Å². The molecule has 6 aromatic rings. The summed E-state index contributed by atoms with van der Waals surface area (Å²) in [5.74, 6) is 0.995. The van der Waals surface area contributed by atoms with E-state index in [0.717, 1.165) is 52.2 Å². The predicted octanol–water partition coefficient (Wildman–Crippen LogP) is 9.57. The van der Waals surface area contributed by atoms with Gasteiger partial charge in [0.25, 0.3) is 0 Å². The highest BCUT2D eigenvalue weighted by molar-refractivity contribution is 9.11. The van der Waals surface area contributed by atoms with E-state index in [9.17, 15) is 4.79 Å². The van der Waals surface area contributed by atoms with E-state index in [-0.39, 0.29) is 0 Å². The Morgan fingerprint density at radius 2 is 1.43 bits per heavy atom. The van der Waals surface area contributed by atoms with Crippen molar-refractivity contribution in [2.45, 2.75) is 12.5 Å². The molecule has 200 valence electrons. The van der Waals surface area contributed by atoms with Crippen LogP contribution < -0.4 is 9.47 Å².